The number of benzene rings is 1. The predicted molar refractivity (Wildman–Crippen MR) is 50.1 cm³/mol. The molecule has 0 spiro atoms. The number of nitriles is 1. The molecule has 0 aliphatic carbocycles. The van der Waals surface area contributed by atoms with Gasteiger partial charge in [-0.2, -0.15) is 5.26 Å². The number of nitrogens with zero attached hydrogens (tertiary/aromatic N) is 1. The van der Waals surface area contributed by atoms with E-state index in [-0.39, 0.29) is 5.56 Å². The first-order chi connectivity index (χ1) is 6.06. The van der Waals surface area contributed by atoms with Crippen LogP contribution >= 0.6 is 12.6 Å². The van der Waals surface area contributed by atoms with Crippen molar-refractivity contribution in [2.75, 3.05) is 0 Å². The molecule has 1 aromatic rings. The zero-order valence-electron chi connectivity index (χ0n) is 6.90. The minimum Gasteiger partial charge on any atom is -0.478 e. The zero-order chi connectivity index (χ0) is 10.0. The smallest absolute Gasteiger partial charge is 0.337 e. The molecule has 1 aromatic carbocycles. The molecular formula is C9H7NO2S. The average molecular weight is 193 g/mol. The van der Waals surface area contributed by atoms with E-state index in [1.54, 1.807) is 6.92 Å². The van der Waals surface area contributed by atoms with Gasteiger partial charge >= 0.3 is 5.97 Å². The van der Waals surface area contributed by atoms with Crippen LogP contribution in [0.25, 0.3) is 0 Å². The van der Waals surface area contributed by atoms with Gasteiger partial charge in [-0.25, -0.2) is 4.79 Å². The summed E-state index contributed by atoms with van der Waals surface area (Å²) in [6.07, 6.45) is 0. The maximum absolute atomic E-state index is 10.7. The van der Waals surface area contributed by atoms with Crippen LogP contribution < -0.4 is 0 Å². The van der Waals surface area contributed by atoms with Crippen molar-refractivity contribution in [1.82, 2.24) is 0 Å². The highest BCUT2D eigenvalue weighted by molar-refractivity contribution is 7.80. The predicted octanol–water partition coefficient (Wildman–Crippen LogP) is 1.85. The molecule has 0 aromatic heterocycles. The van der Waals surface area contributed by atoms with E-state index in [0.29, 0.717) is 16.0 Å². The minimum atomic E-state index is -1.02. The molecule has 0 atom stereocenters. The van der Waals surface area contributed by atoms with E-state index >= 15 is 0 Å². The molecular weight excluding hydrogens is 186 g/mol. The summed E-state index contributed by atoms with van der Waals surface area (Å²) >= 11 is 4.00. The van der Waals surface area contributed by atoms with Gasteiger partial charge in [0.15, 0.2) is 0 Å². The van der Waals surface area contributed by atoms with Crippen molar-refractivity contribution in [2.24, 2.45) is 0 Å². The third kappa shape index (κ3) is 1.82. The van der Waals surface area contributed by atoms with E-state index in [4.69, 9.17) is 10.4 Å². The molecule has 0 radical (unpaired) electrons. The second-order valence-corrected chi connectivity index (χ2v) is 3.09. The summed E-state index contributed by atoms with van der Waals surface area (Å²) in [5, 5.41) is 17.4. The van der Waals surface area contributed by atoms with Gasteiger partial charge in [0.05, 0.1) is 17.2 Å². The first kappa shape index (κ1) is 9.62. The Morgan fingerprint density at radius 1 is 1.62 bits per heavy atom. The maximum atomic E-state index is 10.7. The monoisotopic (exact) mass is 193 g/mol. The van der Waals surface area contributed by atoms with Crippen LogP contribution in [-0.4, -0.2) is 11.1 Å². The maximum Gasteiger partial charge on any atom is 0.337 e. The summed E-state index contributed by atoms with van der Waals surface area (Å²) in [4.78, 5) is 11.0. The van der Waals surface area contributed by atoms with Crippen molar-refractivity contribution in [3.63, 3.8) is 0 Å². The SMILES string of the molecule is Cc1cc(C#N)cc(S)c1C(=O)O. The summed E-state index contributed by atoms with van der Waals surface area (Å²) in [6, 6.07) is 4.91. The van der Waals surface area contributed by atoms with E-state index in [2.05, 4.69) is 12.6 Å². The number of aryl methyl sites for hydroxylation is 1. The lowest BCUT2D eigenvalue weighted by molar-refractivity contribution is 0.0692. The summed E-state index contributed by atoms with van der Waals surface area (Å²) < 4.78 is 0. The second kappa shape index (κ2) is 3.50. The highest BCUT2D eigenvalue weighted by Crippen LogP contribution is 2.20. The Morgan fingerprint density at radius 3 is 2.62 bits per heavy atom. The number of rotatable bonds is 1. The van der Waals surface area contributed by atoms with Gasteiger partial charge in [0, 0.05) is 4.90 Å². The van der Waals surface area contributed by atoms with Crippen molar-refractivity contribution in [3.05, 3.63) is 28.8 Å². The molecule has 4 heteroatoms. The molecule has 0 saturated carbocycles. The fourth-order valence-electron chi connectivity index (χ4n) is 1.11. The average Bonchev–Trinajstić information content (AvgIpc) is 2.02. The first-order valence-corrected chi connectivity index (χ1v) is 3.98. The van der Waals surface area contributed by atoms with E-state index in [1.807, 2.05) is 6.07 Å². The number of thiol groups is 1. The van der Waals surface area contributed by atoms with Crippen molar-refractivity contribution in [1.29, 1.82) is 5.26 Å². The van der Waals surface area contributed by atoms with Gasteiger partial charge in [0.2, 0.25) is 0 Å². The molecule has 0 aliphatic heterocycles. The van der Waals surface area contributed by atoms with Crippen LogP contribution in [0, 0.1) is 18.3 Å². The van der Waals surface area contributed by atoms with E-state index < -0.39 is 5.97 Å². The van der Waals surface area contributed by atoms with Crippen LogP contribution in [0.5, 0.6) is 0 Å². The molecule has 0 amide bonds. The highest BCUT2D eigenvalue weighted by atomic mass is 32.1. The zero-order valence-corrected chi connectivity index (χ0v) is 7.80. The topological polar surface area (TPSA) is 61.1 Å². The first-order valence-electron chi connectivity index (χ1n) is 3.53. The Kier molecular flexibility index (Phi) is 2.59. The van der Waals surface area contributed by atoms with Crippen LogP contribution in [0.2, 0.25) is 0 Å². The summed E-state index contributed by atoms with van der Waals surface area (Å²) in [5.74, 6) is -1.02. The number of carbonyl (C=O) groups is 1. The normalized spacial score (nSPS) is 9.31. The Bertz CT molecular complexity index is 384. The Labute approximate surface area is 81.0 Å². The van der Waals surface area contributed by atoms with Gasteiger partial charge in [-0.1, -0.05) is 0 Å². The molecule has 0 aliphatic rings. The van der Waals surface area contributed by atoms with Crippen LogP contribution in [0.4, 0.5) is 0 Å². The number of hydrogen-bond acceptors (Lipinski definition) is 3. The third-order valence-electron chi connectivity index (χ3n) is 1.66. The minimum absolute atomic E-state index is 0.155. The van der Waals surface area contributed by atoms with E-state index in [1.165, 1.54) is 12.1 Å². The molecule has 3 nitrogen and oxygen atoms in total. The molecule has 1 rings (SSSR count). The lowest BCUT2D eigenvalue weighted by Crippen LogP contribution is -2.01. The van der Waals surface area contributed by atoms with E-state index in [9.17, 15) is 4.79 Å². The fourth-order valence-corrected chi connectivity index (χ4v) is 1.52. The standard InChI is InChI=1S/C9H7NO2S/c1-5-2-6(4-10)3-7(13)8(5)9(11)12/h2-3,13H,1H3,(H,11,12). The Morgan fingerprint density at radius 2 is 2.23 bits per heavy atom. The van der Waals surface area contributed by atoms with Crippen LogP contribution in [0.3, 0.4) is 0 Å². The van der Waals surface area contributed by atoms with Crippen molar-refractivity contribution in [2.45, 2.75) is 11.8 Å². The lowest BCUT2D eigenvalue weighted by atomic mass is 10.1. The van der Waals surface area contributed by atoms with Crippen molar-refractivity contribution < 1.29 is 9.90 Å². The molecule has 13 heavy (non-hydrogen) atoms. The molecule has 1 N–H and O–H groups in total. The summed E-state index contributed by atoms with van der Waals surface area (Å²) in [6.45, 7) is 1.64. The fraction of sp³-hybridized carbons (Fsp3) is 0.111. The molecule has 66 valence electrons. The van der Waals surface area contributed by atoms with Gasteiger partial charge < -0.3 is 5.11 Å². The number of carboxylic acid groups (broad SMARTS) is 1. The van der Waals surface area contributed by atoms with Crippen molar-refractivity contribution in [3.8, 4) is 6.07 Å². The van der Waals surface area contributed by atoms with Crippen molar-refractivity contribution >= 4 is 18.6 Å². The quantitative estimate of drug-likeness (QED) is 0.669. The largest absolute Gasteiger partial charge is 0.478 e. The Hall–Kier alpha value is -1.47. The molecule has 0 bridgehead atoms. The van der Waals surface area contributed by atoms with Crippen LogP contribution in [0.15, 0.2) is 17.0 Å². The third-order valence-corrected chi connectivity index (χ3v) is 2.01. The van der Waals surface area contributed by atoms with Gasteiger partial charge in [-0.05, 0) is 24.6 Å². The highest BCUT2D eigenvalue weighted by Gasteiger charge is 2.11. The molecule has 0 fully saturated rings. The summed E-state index contributed by atoms with van der Waals surface area (Å²) in [7, 11) is 0. The van der Waals surface area contributed by atoms with Gasteiger partial charge in [0.1, 0.15) is 0 Å². The van der Waals surface area contributed by atoms with Gasteiger partial charge in [0.25, 0.3) is 0 Å². The Balaban J connectivity index is 3.42. The van der Waals surface area contributed by atoms with Crippen LogP contribution in [-0.2, 0) is 0 Å². The number of hydrogen-bond donors (Lipinski definition) is 2. The lowest BCUT2D eigenvalue weighted by Gasteiger charge is -2.03. The molecule has 0 saturated heterocycles. The van der Waals surface area contributed by atoms with Gasteiger partial charge in [-0.15, -0.1) is 12.6 Å². The van der Waals surface area contributed by atoms with E-state index in [0.717, 1.165) is 0 Å². The summed E-state index contributed by atoms with van der Waals surface area (Å²) in [5.41, 5.74) is 1.13. The van der Waals surface area contributed by atoms with Gasteiger partial charge in [-0.3, -0.25) is 0 Å². The van der Waals surface area contributed by atoms with Crippen LogP contribution in [0.1, 0.15) is 21.5 Å². The molecule has 0 unspecified atom stereocenters. The molecule has 0 heterocycles. The number of carboxylic acids is 1. The second-order valence-electron chi connectivity index (χ2n) is 2.60. The number of aromatic carboxylic acids is 1.